The standard InChI is InChI=1S/C14H25N3O3/c1-9(2)7-11(13(18)19)15-14(20)16-12-8-17-5-3-10(12)4-6-17/h9-12H,3-8H2,1-2H3,(H,18,19)(H2,15,16,20)/t11-,12?/m0/s1. The van der Waals surface area contributed by atoms with E-state index in [0.29, 0.717) is 12.3 Å². The van der Waals surface area contributed by atoms with Crippen molar-refractivity contribution in [2.24, 2.45) is 11.8 Å². The number of aliphatic carboxylic acids is 1. The number of carboxylic acid groups (broad SMARTS) is 1. The lowest BCUT2D eigenvalue weighted by atomic mass is 9.84. The Bertz CT molecular complexity index is 365. The van der Waals surface area contributed by atoms with Crippen molar-refractivity contribution in [3.05, 3.63) is 0 Å². The number of nitrogens with zero attached hydrogens (tertiary/aromatic N) is 1. The summed E-state index contributed by atoms with van der Waals surface area (Å²) in [5.41, 5.74) is 0. The van der Waals surface area contributed by atoms with Gasteiger partial charge in [-0.05, 0) is 44.2 Å². The summed E-state index contributed by atoms with van der Waals surface area (Å²) in [6, 6.07) is -1.00. The second-order valence-electron chi connectivity index (χ2n) is 6.38. The highest BCUT2D eigenvalue weighted by Crippen LogP contribution is 2.27. The zero-order valence-electron chi connectivity index (χ0n) is 12.3. The Kier molecular flexibility index (Phi) is 4.86. The number of hydrogen-bond donors (Lipinski definition) is 3. The molecule has 3 aliphatic rings. The Hall–Kier alpha value is -1.30. The number of amides is 2. The maximum atomic E-state index is 12.0. The molecule has 20 heavy (non-hydrogen) atoms. The molecular weight excluding hydrogens is 258 g/mol. The molecule has 0 aromatic rings. The first-order chi connectivity index (χ1) is 9.45. The Labute approximate surface area is 119 Å². The third kappa shape index (κ3) is 3.85. The van der Waals surface area contributed by atoms with Gasteiger partial charge in [0.05, 0.1) is 0 Å². The average Bonchev–Trinajstić information content (AvgIpc) is 2.38. The van der Waals surface area contributed by atoms with E-state index < -0.39 is 12.0 Å². The Morgan fingerprint density at radius 1 is 1.30 bits per heavy atom. The molecule has 1 unspecified atom stereocenters. The number of carboxylic acids is 1. The van der Waals surface area contributed by atoms with Gasteiger partial charge in [0.1, 0.15) is 6.04 Å². The van der Waals surface area contributed by atoms with Gasteiger partial charge in [-0.1, -0.05) is 13.8 Å². The maximum Gasteiger partial charge on any atom is 0.326 e. The number of fused-ring (bicyclic) bond motifs is 3. The van der Waals surface area contributed by atoms with Crippen molar-refractivity contribution in [3.63, 3.8) is 0 Å². The summed E-state index contributed by atoms with van der Waals surface area (Å²) >= 11 is 0. The molecule has 3 saturated heterocycles. The van der Waals surface area contributed by atoms with Gasteiger partial charge in [-0.3, -0.25) is 0 Å². The fourth-order valence-electron chi connectivity index (χ4n) is 3.19. The summed E-state index contributed by atoms with van der Waals surface area (Å²) < 4.78 is 0. The zero-order valence-corrected chi connectivity index (χ0v) is 12.3. The molecule has 3 heterocycles. The molecule has 3 aliphatic heterocycles. The largest absolute Gasteiger partial charge is 0.480 e. The number of carbonyl (C=O) groups is 2. The zero-order chi connectivity index (χ0) is 14.7. The average molecular weight is 283 g/mol. The molecule has 0 aromatic carbocycles. The molecule has 6 heteroatoms. The van der Waals surface area contributed by atoms with E-state index in [1.165, 1.54) is 0 Å². The maximum absolute atomic E-state index is 12.0. The van der Waals surface area contributed by atoms with Gasteiger partial charge in [-0.15, -0.1) is 0 Å². The summed E-state index contributed by atoms with van der Waals surface area (Å²) in [4.78, 5) is 25.5. The van der Waals surface area contributed by atoms with Crippen molar-refractivity contribution in [1.29, 1.82) is 0 Å². The van der Waals surface area contributed by atoms with Crippen LogP contribution in [0.1, 0.15) is 33.1 Å². The third-order valence-corrected chi connectivity index (χ3v) is 4.28. The van der Waals surface area contributed by atoms with Crippen LogP contribution in [0.5, 0.6) is 0 Å². The SMILES string of the molecule is CC(C)C[C@H](NC(=O)NC1CN2CCC1CC2)C(=O)O. The van der Waals surface area contributed by atoms with Crippen LogP contribution in [0.2, 0.25) is 0 Å². The van der Waals surface area contributed by atoms with Crippen molar-refractivity contribution in [2.75, 3.05) is 19.6 Å². The van der Waals surface area contributed by atoms with Crippen molar-refractivity contribution < 1.29 is 14.7 Å². The van der Waals surface area contributed by atoms with E-state index in [1.807, 2.05) is 13.8 Å². The minimum Gasteiger partial charge on any atom is -0.480 e. The number of urea groups is 1. The van der Waals surface area contributed by atoms with Gasteiger partial charge < -0.3 is 20.6 Å². The molecule has 114 valence electrons. The van der Waals surface area contributed by atoms with Crippen molar-refractivity contribution in [1.82, 2.24) is 15.5 Å². The second kappa shape index (κ2) is 6.43. The van der Waals surface area contributed by atoms with E-state index in [2.05, 4.69) is 15.5 Å². The molecule has 0 spiro atoms. The molecule has 0 aliphatic carbocycles. The van der Waals surface area contributed by atoms with Gasteiger partial charge in [0.25, 0.3) is 0 Å². The van der Waals surface area contributed by atoms with Crippen LogP contribution in [0.25, 0.3) is 0 Å². The quantitative estimate of drug-likeness (QED) is 0.699. The van der Waals surface area contributed by atoms with Gasteiger partial charge in [-0.25, -0.2) is 9.59 Å². The van der Waals surface area contributed by atoms with E-state index >= 15 is 0 Å². The van der Waals surface area contributed by atoms with Gasteiger partial charge in [-0.2, -0.15) is 0 Å². The molecule has 6 nitrogen and oxygen atoms in total. The van der Waals surface area contributed by atoms with Gasteiger partial charge in [0, 0.05) is 12.6 Å². The van der Waals surface area contributed by atoms with Crippen LogP contribution in [0.3, 0.4) is 0 Å². The van der Waals surface area contributed by atoms with Crippen LogP contribution in [0, 0.1) is 11.8 Å². The minimum atomic E-state index is -0.970. The molecule has 0 radical (unpaired) electrons. The van der Waals surface area contributed by atoms with Crippen LogP contribution in [-0.2, 0) is 4.79 Å². The molecule has 3 rings (SSSR count). The van der Waals surface area contributed by atoms with Gasteiger partial charge >= 0.3 is 12.0 Å². The predicted molar refractivity (Wildman–Crippen MR) is 75.5 cm³/mol. The molecule has 0 aromatic heterocycles. The third-order valence-electron chi connectivity index (χ3n) is 4.28. The van der Waals surface area contributed by atoms with Crippen LogP contribution >= 0.6 is 0 Å². The van der Waals surface area contributed by atoms with Gasteiger partial charge in [0.15, 0.2) is 0 Å². The molecule has 0 saturated carbocycles. The lowest BCUT2D eigenvalue weighted by Crippen LogP contribution is -2.59. The first-order valence-corrected chi connectivity index (χ1v) is 7.48. The lowest BCUT2D eigenvalue weighted by Gasteiger charge is -2.44. The van der Waals surface area contributed by atoms with E-state index in [4.69, 9.17) is 5.11 Å². The summed E-state index contributed by atoms with van der Waals surface area (Å²) in [5, 5.41) is 14.7. The first kappa shape index (κ1) is 15.1. The van der Waals surface area contributed by atoms with E-state index in [1.54, 1.807) is 0 Å². The van der Waals surface area contributed by atoms with Crippen LogP contribution < -0.4 is 10.6 Å². The molecule has 3 fully saturated rings. The summed E-state index contributed by atoms with van der Waals surface area (Å²) in [6.07, 6.45) is 2.70. The number of nitrogens with one attached hydrogen (secondary N) is 2. The fraction of sp³-hybridized carbons (Fsp3) is 0.857. The Balaban J connectivity index is 1.83. The first-order valence-electron chi connectivity index (χ1n) is 7.48. The monoisotopic (exact) mass is 283 g/mol. The van der Waals surface area contributed by atoms with Crippen LogP contribution in [0.4, 0.5) is 4.79 Å². The Morgan fingerprint density at radius 3 is 2.40 bits per heavy atom. The van der Waals surface area contributed by atoms with Crippen LogP contribution in [-0.4, -0.2) is 53.7 Å². The molecule has 2 bridgehead atoms. The molecule has 3 N–H and O–H groups in total. The molecular formula is C14H25N3O3. The van der Waals surface area contributed by atoms with Crippen molar-refractivity contribution in [2.45, 2.75) is 45.2 Å². The fourth-order valence-corrected chi connectivity index (χ4v) is 3.19. The van der Waals surface area contributed by atoms with Crippen LogP contribution in [0.15, 0.2) is 0 Å². The van der Waals surface area contributed by atoms with E-state index in [-0.39, 0.29) is 18.0 Å². The number of hydrogen-bond acceptors (Lipinski definition) is 3. The normalized spacial score (nSPS) is 30.1. The lowest BCUT2D eigenvalue weighted by molar-refractivity contribution is -0.139. The predicted octanol–water partition coefficient (Wildman–Crippen LogP) is 0.879. The van der Waals surface area contributed by atoms with Crippen molar-refractivity contribution in [3.8, 4) is 0 Å². The highest BCUT2D eigenvalue weighted by atomic mass is 16.4. The summed E-state index contributed by atoms with van der Waals surface area (Å²) in [7, 11) is 0. The summed E-state index contributed by atoms with van der Waals surface area (Å²) in [5.74, 6) is -0.199. The number of carbonyl (C=O) groups excluding carboxylic acids is 1. The number of rotatable bonds is 5. The molecule has 2 atom stereocenters. The number of piperidine rings is 3. The molecule has 2 amide bonds. The summed E-state index contributed by atoms with van der Waals surface area (Å²) in [6.45, 7) is 7.02. The topological polar surface area (TPSA) is 81.7 Å². The smallest absolute Gasteiger partial charge is 0.326 e. The highest BCUT2D eigenvalue weighted by molar-refractivity contribution is 5.82. The van der Waals surface area contributed by atoms with Crippen molar-refractivity contribution >= 4 is 12.0 Å². The Morgan fingerprint density at radius 2 is 1.95 bits per heavy atom. The highest BCUT2D eigenvalue weighted by Gasteiger charge is 2.35. The van der Waals surface area contributed by atoms with E-state index in [0.717, 1.165) is 32.5 Å². The van der Waals surface area contributed by atoms with Gasteiger partial charge in [0.2, 0.25) is 0 Å². The van der Waals surface area contributed by atoms with E-state index in [9.17, 15) is 9.59 Å². The minimum absolute atomic E-state index is 0.158. The second-order valence-corrected chi connectivity index (χ2v) is 6.38.